The standard InChI is InChI=1S/C10H18N4O/c1-4-13(5-2)10(15)9-8(11)7-12-14(9)6-3/h7H,4-6,11H2,1-3H3. The lowest BCUT2D eigenvalue weighted by atomic mass is 10.3. The van der Waals surface area contributed by atoms with E-state index >= 15 is 0 Å². The van der Waals surface area contributed by atoms with E-state index in [4.69, 9.17) is 5.73 Å². The molecular weight excluding hydrogens is 192 g/mol. The van der Waals surface area contributed by atoms with Gasteiger partial charge >= 0.3 is 0 Å². The minimum atomic E-state index is -0.0446. The lowest BCUT2D eigenvalue weighted by Gasteiger charge is -2.19. The molecule has 1 aromatic heterocycles. The highest BCUT2D eigenvalue weighted by Crippen LogP contribution is 2.13. The maximum atomic E-state index is 12.1. The fourth-order valence-corrected chi connectivity index (χ4v) is 1.53. The Balaban J connectivity index is 3.03. The summed E-state index contributed by atoms with van der Waals surface area (Å²) in [5.41, 5.74) is 6.69. The lowest BCUT2D eigenvalue weighted by Crippen LogP contribution is -2.32. The zero-order valence-corrected chi connectivity index (χ0v) is 9.53. The maximum Gasteiger partial charge on any atom is 0.274 e. The zero-order valence-electron chi connectivity index (χ0n) is 9.53. The monoisotopic (exact) mass is 210 g/mol. The number of rotatable bonds is 4. The summed E-state index contributed by atoms with van der Waals surface area (Å²) in [5, 5.41) is 4.05. The summed E-state index contributed by atoms with van der Waals surface area (Å²) in [6.07, 6.45) is 1.53. The Morgan fingerprint density at radius 2 is 2.07 bits per heavy atom. The van der Waals surface area contributed by atoms with Crippen LogP contribution in [0.3, 0.4) is 0 Å². The number of nitrogens with zero attached hydrogens (tertiary/aromatic N) is 3. The van der Waals surface area contributed by atoms with Crippen LogP contribution in [0.25, 0.3) is 0 Å². The molecule has 5 heteroatoms. The van der Waals surface area contributed by atoms with Gasteiger partial charge in [-0.3, -0.25) is 9.48 Å². The van der Waals surface area contributed by atoms with Crippen molar-refractivity contribution in [1.82, 2.24) is 14.7 Å². The molecule has 1 rings (SSSR count). The van der Waals surface area contributed by atoms with Gasteiger partial charge in [-0.1, -0.05) is 0 Å². The van der Waals surface area contributed by atoms with Gasteiger partial charge < -0.3 is 10.6 Å². The molecule has 1 amide bonds. The Kier molecular flexibility index (Phi) is 3.71. The molecule has 0 saturated carbocycles. The minimum Gasteiger partial charge on any atom is -0.396 e. The molecule has 0 aliphatic carbocycles. The number of anilines is 1. The van der Waals surface area contributed by atoms with Gasteiger partial charge in [0, 0.05) is 19.6 Å². The molecule has 0 aliphatic rings. The van der Waals surface area contributed by atoms with Gasteiger partial charge in [-0.25, -0.2) is 0 Å². The molecule has 0 spiro atoms. The molecule has 0 aromatic carbocycles. The molecule has 0 unspecified atom stereocenters. The topological polar surface area (TPSA) is 64.2 Å². The SMILES string of the molecule is CCN(CC)C(=O)c1c(N)cnn1CC. The van der Waals surface area contributed by atoms with Crippen LogP contribution in [0.1, 0.15) is 31.3 Å². The Morgan fingerprint density at radius 3 is 2.53 bits per heavy atom. The smallest absolute Gasteiger partial charge is 0.274 e. The highest BCUT2D eigenvalue weighted by atomic mass is 16.2. The third kappa shape index (κ3) is 2.11. The summed E-state index contributed by atoms with van der Waals surface area (Å²) >= 11 is 0. The van der Waals surface area contributed by atoms with Crippen molar-refractivity contribution < 1.29 is 4.79 Å². The number of hydrogen-bond acceptors (Lipinski definition) is 3. The first-order valence-electron chi connectivity index (χ1n) is 5.26. The van der Waals surface area contributed by atoms with E-state index in [1.54, 1.807) is 9.58 Å². The van der Waals surface area contributed by atoms with Crippen LogP contribution in [0.4, 0.5) is 5.69 Å². The third-order valence-corrected chi connectivity index (χ3v) is 2.42. The number of carbonyl (C=O) groups is 1. The number of nitrogen functional groups attached to an aromatic ring is 1. The van der Waals surface area contributed by atoms with Crippen LogP contribution in [-0.4, -0.2) is 33.7 Å². The van der Waals surface area contributed by atoms with Crippen LogP contribution in [0.15, 0.2) is 6.20 Å². The molecule has 0 bridgehead atoms. The van der Waals surface area contributed by atoms with Crippen LogP contribution < -0.4 is 5.73 Å². The lowest BCUT2D eigenvalue weighted by molar-refractivity contribution is 0.0761. The van der Waals surface area contributed by atoms with Crippen LogP contribution in [-0.2, 0) is 6.54 Å². The Morgan fingerprint density at radius 1 is 1.47 bits per heavy atom. The Hall–Kier alpha value is -1.52. The van der Waals surface area contributed by atoms with Crippen LogP contribution in [0.2, 0.25) is 0 Å². The van der Waals surface area contributed by atoms with E-state index in [9.17, 15) is 4.79 Å². The largest absolute Gasteiger partial charge is 0.396 e. The van der Waals surface area contributed by atoms with Gasteiger partial charge in [0.25, 0.3) is 5.91 Å². The number of hydrogen-bond donors (Lipinski definition) is 1. The summed E-state index contributed by atoms with van der Waals surface area (Å²) in [6.45, 7) is 7.85. The van der Waals surface area contributed by atoms with Crippen molar-refractivity contribution in [3.8, 4) is 0 Å². The molecule has 84 valence electrons. The number of nitrogens with two attached hydrogens (primary N) is 1. The van der Waals surface area contributed by atoms with E-state index in [1.165, 1.54) is 6.20 Å². The summed E-state index contributed by atoms with van der Waals surface area (Å²) < 4.78 is 1.63. The van der Waals surface area contributed by atoms with Crippen molar-refractivity contribution in [1.29, 1.82) is 0 Å². The van der Waals surface area contributed by atoms with Crippen LogP contribution in [0.5, 0.6) is 0 Å². The van der Waals surface area contributed by atoms with Crippen LogP contribution in [0, 0.1) is 0 Å². The fraction of sp³-hybridized carbons (Fsp3) is 0.600. The van der Waals surface area contributed by atoms with Crippen molar-refractivity contribution >= 4 is 11.6 Å². The Labute approximate surface area is 89.9 Å². The normalized spacial score (nSPS) is 10.3. The third-order valence-electron chi connectivity index (χ3n) is 2.42. The van der Waals surface area contributed by atoms with E-state index in [0.717, 1.165) is 0 Å². The van der Waals surface area contributed by atoms with Gasteiger partial charge in [-0.15, -0.1) is 0 Å². The number of amides is 1. The quantitative estimate of drug-likeness (QED) is 0.805. The average molecular weight is 210 g/mol. The maximum absolute atomic E-state index is 12.1. The van der Waals surface area contributed by atoms with E-state index in [0.29, 0.717) is 31.0 Å². The van der Waals surface area contributed by atoms with E-state index in [1.807, 2.05) is 20.8 Å². The first kappa shape index (κ1) is 11.6. The molecule has 0 aliphatic heterocycles. The molecular formula is C10H18N4O. The first-order chi connectivity index (χ1) is 7.15. The summed E-state index contributed by atoms with van der Waals surface area (Å²) in [7, 11) is 0. The number of carbonyl (C=O) groups excluding carboxylic acids is 1. The summed E-state index contributed by atoms with van der Waals surface area (Å²) in [6, 6.07) is 0. The van der Waals surface area contributed by atoms with Gasteiger partial charge in [-0.2, -0.15) is 5.10 Å². The van der Waals surface area contributed by atoms with Gasteiger partial charge in [0.1, 0.15) is 5.69 Å². The van der Waals surface area contributed by atoms with Crippen molar-refractivity contribution in [2.75, 3.05) is 18.8 Å². The molecule has 0 fully saturated rings. The Bertz CT molecular complexity index is 341. The molecule has 0 saturated heterocycles. The second-order valence-electron chi connectivity index (χ2n) is 3.24. The highest BCUT2D eigenvalue weighted by Gasteiger charge is 2.20. The van der Waals surface area contributed by atoms with Gasteiger partial charge in [0.2, 0.25) is 0 Å². The highest BCUT2D eigenvalue weighted by molar-refractivity contribution is 5.97. The van der Waals surface area contributed by atoms with Gasteiger partial charge in [0.05, 0.1) is 11.9 Å². The number of aromatic nitrogens is 2. The second kappa shape index (κ2) is 4.82. The van der Waals surface area contributed by atoms with Gasteiger partial charge in [-0.05, 0) is 20.8 Å². The minimum absolute atomic E-state index is 0.0446. The van der Waals surface area contributed by atoms with Gasteiger partial charge in [0.15, 0.2) is 0 Å². The van der Waals surface area contributed by atoms with Crippen molar-refractivity contribution in [2.45, 2.75) is 27.3 Å². The molecule has 1 aromatic rings. The second-order valence-corrected chi connectivity index (χ2v) is 3.24. The molecule has 15 heavy (non-hydrogen) atoms. The molecule has 0 atom stereocenters. The predicted molar refractivity (Wildman–Crippen MR) is 59.6 cm³/mol. The van der Waals surface area contributed by atoms with Crippen molar-refractivity contribution in [3.63, 3.8) is 0 Å². The molecule has 2 N–H and O–H groups in total. The number of aryl methyl sites for hydroxylation is 1. The predicted octanol–water partition coefficient (Wildman–Crippen LogP) is 0.967. The van der Waals surface area contributed by atoms with Crippen molar-refractivity contribution in [3.05, 3.63) is 11.9 Å². The fourth-order valence-electron chi connectivity index (χ4n) is 1.53. The van der Waals surface area contributed by atoms with Crippen molar-refractivity contribution in [2.24, 2.45) is 0 Å². The average Bonchev–Trinajstić information content (AvgIpc) is 2.61. The molecule has 5 nitrogen and oxygen atoms in total. The van der Waals surface area contributed by atoms with E-state index in [-0.39, 0.29) is 5.91 Å². The molecule has 1 heterocycles. The zero-order chi connectivity index (χ0) is 11.4. The van der Waals surface area contributed by atoms with E-state index < -0.39 is 0 Å². The summed E-state index contributed by atoms with van der Waals surface area (Å²) in [5.74, 6) is -0.0446. The first-order valence-corrected chi connectivity index (χ1v) is 5.26. The van der Waals surface area contributed by atoms with Crippen LogP contribution >= 0.6 is 0 Å². The van der Waals surface area contributed by atoms with E-state index in [2.05, 4.69) is 5.10 Å². The summed E-state index contributed by atoms with van der Waals surface area (Å²) in [4.78, 5) is 13.8. The molecule has 0 radical (unpaired) electrons.